The van der Waals surface area contributed by atoms with Gasteiger partial charge in [-0.15, -0.1) is 0 Å². The quantitative estimate of drug-likeness (QED) is 0.649. The van der Waals surface area contributed by atoms with Gasteiger partial charge in [0, 0.05) is 0 Å². The lowest BCUT2D eigenvalue weighted by Crippen LogP contribution is -2.15. The first-order valence-electron chi connectivity index (χ1n) is 5.53. The summed E-state index contributed by atoms with van der Waals surface area (Å²) in [5, 5.41) is 0. The number of rotatable bonds is 2. The predicted molar refractivity (Wildman–Crippen MR) is 56.3 cm³/mol. The van der Waals surface area contributed by atoms with Crippen LogP contribution in [0.4, 0.5) is 0 Å². The summed E-state index contributed by atoms with van der Waals surface area (Å²) >= 11 is 0. The molecule has 3 rings (SSSR count). The minimum absolute atomic E-state index is 0.0478. The molecule has 2 aliphatic rings. The molecule has 1 aliphatic carbocycles. The van der Waals surface area contributed by atoms with E-state index in [2.05, 4.69) is 31.2 Å². The summed E-state index contributed by atoms with van der Waals surface area (Å²) in [7, 11) is 0. The predicted octanol–water partition coefficient (Wildman–Crippen LogP) is 3.20. The van der Waals surface area contributed by atoms with Crippen LogP contribution in [0, 0.1) is 0 Å². The Morgan fingerprint density at radius 1 is 1.29 bits per heavy atom. The molecule has 1 nitrogen and oxygen atoms in total. The van der Waals surface area contributed by atoms with Crippen molar-refractivity contribution in [3.8, 4) is 0 Å². The van der Waals surface area contributed by atoms with Crippen LogP contribution in [-0.2, 0) is 10.3 Å². The molecular weight excluding hydrogens is 172 g/mol. The van der Waals surface area contributed by atoms with Crippen molar-refractivity contribution in [2.75, 3.05) is 6.61 Å². The lowest BCUT2D eigenvalue weighted by atomic mass is 9.76. The molecule has 1 aromatic carbocycles. The van der Waals surface area contributed by atoms with E-state index in [1.807, 2.05) is 0 Å². The van der Waals surface area contributed by atoms with Crippen LogP contribution in [0.1, 0.15) is 43.2 Å². The monoisotopic (exact) mass is 188 g/mol. The van der Waals surface area contributed by atoms with Gasteiger partial charge in [0.15, 0.2) is 0 Å². The zero-order valence-corrected chi connectivity index (χ0v) is 8.62. The van der Waals surface area contributed by atoms with E-state index in [1.165, 1.54) is 24.8 Å². The zero-order valence-electron chi connectivity index (χ0n) is 8.62. The van der Waals surface area contributed by atoms with Gasteiger partial charge in [0.2, 0.25) is 0 Å². The summed E-state index contributed by atoms with van der Waals surface area (Å²) in [4.78, 5) is 0. The molecule has 1 saturated heterocycles. The highest BCUT2D eigenvalue weighted by atomic mass is 16.6. The Morgan fingerprint density at radius 3 is 2.57 bits per heavy atom. The Bertz CT molecular complexity index is 348. The molecule has 0 amide bonds. The first-order chi connectivity index (χ1) is 6.80. The molecule has 0 spiro atoms. The van der Waals surface area contributed by atoms with E-state index < -0.39 is 0 Å². The van der Waals surface area contributed by atoms with Crippen LogP contribution in [-0.4, -0.2) is 6.61 Å². The normalized spacial score (nSPS) is 31.2. The zero-order chi connectivity index (χ0) is 9.60. The molecule has 2 fully saturated rings. The fraction of sp³-hybridized carbons (Fsp3) is 0.538. The summed E-state index contributed by atoms with van der Waals surface area (Å²) in [6, 6.07) is 8.81. The van der Waals surface area contributed by atoms with Gasteiger partial charge >= 0.3 is 0 Å². The van der Waals surface area contributed by atoms with Crippen molar-refractivity contribution in [3.63, 3.8) is 0 Å². The molecule has 1 unspecified atom stereocenters. The molecule has 1 atom stereocenters. The van der Waals surface area contributed by atoms with Gasteiger partial charge in [-0.1, -0.05) is 30.7 Å². The van der Waals surface area contributed by atoms with Crippen LogP contribution in [0.15, 0.2) is 24.3 Å². The maximum Gasteiger partial charge on any atom is 0.114 e. The Balaban J connectivity index is 2.00. The molecular formula is C13H16O. The van der Waals surface area contributed by atoms with Crippen molar-refractivity contribution in [1.29, 1.82) is 0 Å². The van der Waals surface area contributed by atoms with E-state index in [1.54, 1.807) is 5.56 Å². The van der Waals surface area contributed by atoms with Gasteiger partial charge in [-0.3, -0.25) is 0 Å². The minimum atomic E-state index is 0.0478. The fourth-order valence-electron chi connectivity index (χ4n) is 2.32. The lowest BCUT2D eigenvalue weighted by Gasteiger charge is -2.28. The summed E-state index contributed by atoms with van der Waals surface area (Å²) in [5.41, 5.74) is 3.02. The van der Waals surface area contributed by atoms with E-state index in [0.717, 1.165) is 12.5 Å². The molecule has 0 bridgehead atoms. The third-order valence-corrected chi connectivity index (χ3v) is 3.65. The van der Waals surface area contributed by atoms with Crippen molar-refractivity contribution >= 4 is 0 Å². The molecule has 1 heterocycles. The SMILES string of the molecule is CC1(c2ccccc2C2CCC2)CO1. The van der Waals surface area contributed by atoms with Gasteiger partial charge < -0.3 is 4.74 Å². The van der Waals surface area contributed by atoms with Crippen molar-refractivity contribution in [3.05, 3.63) is 35.4 Å². The van der Waals surface area contributed by atoms with Gasteiger partial charge in [0.25, 0.3) is 0 Å². The molecule has 0 N–H and O–H groups in total. The Morgan fingerprint density at radius 2 is 2.00 bits per heavy atom. The molecule has 14 heavy (non-hydrogen) atoms. The van der Waals surface area contributed by atoms with Crippen LogP contribution < -0.4 is 0 Å². The maximum atomic E-state index is 5.54. The van der Waals surface area contributed by atoms with Crippen LogP contribution in [0.5, 0.6) is 0 Å². The Kier molecular flexibility index (Phi) is 1.72. The van der Waals surface area contributed by atoms with Crippen molar-refractivity contribution in [2.24, 2.45) is 0 Å². The number of hydrogen-bond acceptors (Lipinski definition) is 1. The smallest absolute Gasteiger partial charge is 0.114 e. The van der Waals surface area contributed by atoms with Crippen LogP contribution in [0.3, 0.4) is 0 Å². The molecule has 0 radical (unpaired) electrons. The number of benzene rings is 1. The van der Waals surface area contributed by atoms with Gasteiger partial charge in [0.1, 0.15) is 5.60 Å². The van der Waals surface area contributed by atoms with Gasteiger partial charge in [0.05, 0.1) is 6.61 Å². The summed E-state index contributed by atoms with van der Waals surface area (Å²) in [6.45, 7) is 3.10. The number of ether oxygens (including phenoxy) is 1. The average Bonchev–Trinajstić information content (AvgIpc) is 2.83. The second-order valence-electron chi connectivity index (χ2n) is 4.73. The topological polar surface area (TPSA) is 12.5 Å². The van der Waals surface area contributed by atoms with E-state index in [9.17, 15) is 0 Å². The van der Waals surface area contributed by atoms with Crippen LogP contribution in [0.2, 0.25) is 0 Å². The highest BCUT2D eigenvalue weighted by Gasteiger charge is 2.43. The van der Waals surface area contributed by atoms with Crippen molar-refractivity contribution in [2.45, 2.75) is 37.7 Å². The largest absolute Gasteiger partial charge is 0.365 e. The van der Waals surface area contributed by atoms with E-state index in [0.29, 0.717) is 0 Å². The van der Waals surface area contributed by atoms with Gasteiger partial charge in [-0.05, 0) is 36.8 Å². The standard InChI is InChI=1S/C13H16O/c1-13(9-14-13)12-8-3-2-7-11(12)10-5-4-6-10/h2-3,7-8,10H,4-6,9H2,1H3. The van der Waals surface area contributed by atoms with E-state index in [-0.39, 0.29) is 5.60 Å². The van der Waals surface area contributed by atoms with Gasteiger partial charge in [-0.25, -0.2) is 0 Å². The highest BCUT2D eigenvalue weighted by molar-refractivity contribution is 5.38. The van der Waals surface area contributed by atoms with Crippen molar-refractivity contribution in [1.82, 2.24) is 0 Å². The second kappa shape index (κ2) is 2.83. The average molecular weight is 188 g/mol. The van der Waals surface area contributed by atoms with Gasteiger partial charge in [-0.2, -0.15) is 0 Å². The van der Waals surface area contributed by atoms with E-state index >= 15 is 0 Å². The summed E-state index contributed by atoms with van der Waals surface area (Å²) in [6.07, 6.45) is 4.14. The second-order valence-corrected chi connectivity index (χ2v) is 4.73. The highest BCUT2D eigenvalue weighted by Crippen LogP contribution is 2.45. The Hall–Kier alpha value is -0.820. The van der Waals surface area contributed by atoms with Crippen molar-refractivity contribution < 1.29 is 4.74 Å². The van der Waals surface area contributed by atoms with Crippen LogP contribution >= 0.6 is 0 Å². The lowest BCUT2D eigenvalue weighted by molar-refractivity contribution is 0.322. The molecule has 0 aromatic heterocycles. The fourth-order valence-corrected chi connectivity index (χ4v) is 2.32. The maximum absolute atomic E-state index is 5.54. The summed E-state index contributed by atoms with van der Waals surface area (Å²) < 4.78 is 5.54. The number of hydrogen-bond donors (Lipinski definition) is 0. The molecule has 1 saturated carbocycles. The molecule has 1 aliphatic heterocycles. The first kappa shape index (κ1) is 8.49. The molecule has 1 heteroatoms. The van der Waals surface area contributed by atoms with E-state index in [4.69, 9.17) is 4.74 Å². The third kappa shape index (κ3) is 1.19. The first-order valence-corrected chi connectivity index (χ1v) is 5.53. The minimum Gasteiger partial charge on any atom is -0.365 e. The third-order valence-electron chi connectivity index (χ3n) is 3.65. The summed E-state index contributed by atoms with van der Waals surface area (Å²) in [5.74, 6) is 0.812. The Labute approximate surface area is 85.1 Å². The number of epoxide rings is 1. The molecule has 74 valence electrons. The molecule has 1 aromatic rings. The van der Waals surface area contributed by atoms with Crippen LogP contribution in [0.25, 0.3) is 0 Å².